The number of nitriles is 1. The summed E-state index contributed by atoms with van der Waals surface area (Å²) >= 11 is 6.72. The second kappa shape index (κ2) is 10.2. The zero-order valence-electron chi connectivity index (χ0n) is 15.5. The first kappa shape index (κ1) is 21.8. The average molecular weight is 530 g/mol. The van der Waals surface area contributed by atoms with Crippen LogP contribution >= 0.6 is 31.9 Å². The minimum atomic E-state index is -0.546. The molecule has 3 aromatic rings. The summed E-state index contributed by atoms with van der Waals surface area (Å²) in [6.07, 6.45) is 1.44. The summed E-state index contributed by atoms with van der Waals surface area (Å²) in [5.74, 6) is -0.488. The van der Waals surface area contributed by atoms with Crippen LogP contribution in [0.4, 0.5) is 10.1 Å². The number of halogens is 3. The molecule has 4 nitrogen and oxygen atoms in total. The number of benzene rings is 3. The number of anilines is 1. The number of ether oxygens (including phenoxy) is 1. The Labute approximate surface area is 190 Å². The minimum absolute atomic E-state index is 0.0152. The standard InChI is InChI=1S/C23H15Br2FN2O2/c24-18-5-3-6-20(12-18)28-23(29)17(13-27)10-16-11-19(25)8-9-22(16)30-14-15-4-1-2-7-21(15)26/h1-12H,14H2,(H,28,29)/b17-10-. The van der Waals surface area contributed by atoms with Crippen molar-refractivity contribution in [2.75, 3.05) is 5.32 Å². The van der Waals surface area contributed by atoms with E-state index in [2.05, 4.69) is 37.2 Å². The molecule has 0 aliphatic carbocycles. The molecule has 0 saturated carbocycles. The van der Waals surface area contributed by atoms with E-state index in [-0.39, 0.29) is 18.0 Å². The molecule has 150 valence electrons. The number of nitrogens with one attached hydrogen (secondary N) is 1. The Morgan fingerprint density at radius 1 is 1.07 bits per heavy atom. The Balaban J connectivity index is 1.84. The highest BCUT2D eigenvalue weighted by molar-refractivity contribution is 9.10. The first-order valence-corrected chi connectivity index (χ1v) is 10.4. The van der Waals surface area contributed by atoms with Crippen LogP contribution in [0.3, 0.4) is 0 Å². The zero-order valence-corrected chi connectivity index (χ0v) is 18.7. The van der Waals surface area contributed by atoms with Crippen molar-refractivity contribution in [3.8, 4) is 11.8 Å². The molecule has 0 aliphatic heterocycles. The average Bonchev–Trinajstić information content (AvgIpc) is 2.72. The van der Waals surface area contributed by atoms with E-state index in [1.807, 2.05) is 12.1 Å². The largest absolute Gasteiger partial charge is 0.488 e. The maximum absolute atomic E-state index is 13.9. The van der Waals surface area contributed by atoms with Crippen molar-refractivity contribution in [2.24, 2.45) is 0 Å². The molecule has 0 radical (unpaired) electrons. The van der Waals surface area contributed by atoms with Gasteiger partial charge in [-0.05, 0) is 48.5 Å². The molecule has 0 aliphatic rings. The summed E-state index contributed by atoms with van der Waals surface area (Å²) in [5.41, 5.74) is 1.38. The van der Waals surface area contributed by atoms with Gasteiger partial charge in [0.25, 0.3) is 5.91 Å². The molecular formula is C23H15Br2FN2O2. The maximum Gasteiger partial charge on any atom is 0.266 e. The van der Waals surface area contributed by atoms with Gasteiger partial charge in [-0.1, -0.05) is 56.1 Å². The van der Waals surface area contributed by atoms with E-state index >= 15 is 0 Å². The van der Waals surface area contributed by atoms with Gasteiger partial charge in [-0.3, -0.25) is 4.79 Å². The van der Waals surface area contributed by atoms with Crippen molar-refractivity contribution in [2.45, 2.75) is 6.61 Å². The monoisotopic (exact) mass is 528 g/mol. The lowest BCUT2D eigenvalue weighted by molar-refractivity contribution is -0.112. The van der Waals surface area contributed by atoms with Crippen molar-refractivity contribution >= 4 is 49.5 Å². The van der Waals surface area contributed by atoms with Gasteiger partial charge in [0, 0.05) is 25.8 Å². The maximum atomic E-state index is 13.9. The smallest absolute Gasteiger partial charge is 0.266 e. The van der Waals surface area contributed by atoms with Gasteiger partial charge in [-0.2, -0.15) is 5.26 Å². The number of amides is 1. The molecule has 3 rings (SSSR count). The minimum Gasteiger partial charge on any atom is -0.488 e. The van der Waals surface area contributed by atoms with E-state index in [0.717, 1.165) is 8.95 Å². The summed E-state index contributed by atoms with van der Waals surface area (Å²) in [7, 11) is 0. The molecule has 0 unspecified atom stereocenters. The van der Waals surface area contributed by atoms with Crippen LogP contribution < -0.4 is 10.1 Å². The Hall–Kier alpha value is -2.95. The van der Waals surface area contributed by atoms with Gasteiger partial charge < -0.3 is 10.1 Å². The normalized spacial score (nSPS) is 10.9. The zero-order chi connectivity index (χ0) is 21.5. The molecule has 0 aromatic heterocycles. The van der Waals surface area contributed by atoms with Gasteiger partial charge in [0.1, 0.15) is 29.8 Å². The predicted molar refractivity (Wildman–Crippen MR) is 121 cm³/mol. The molecule has 1 amide bonds. The Morgan fingerprint density at radius 2 is 1.83 bits per heavy atom. The Morgan fingerprint density at radius 3 is 2.57 bits per heavy atom. The summed E-state index contributed by atoms with van der Waals surface area (Å²) in [4.78, 5) is 12.6. The van der Waals surface area contributed by atoms with Crippen LogP contribution in [0.25, 0.3) is 6.08 Å². The second-order valence-corrected chi connectivity index (χ2v) is 8.03. The highest BCUT2D eigenvalue weighted by Crippen LogP contribution is 2.27. The first-order chi connectivity index (χ1) is 14.5. The molecular weight excluding hydrogens is 515 g/mol. The SMILES string of the molecule is N#C/C(=C/c1cc(Br)ccc1OCc1ccccc1F)C(=O)Nc1cccc(Br)c1. The molecule has 0 spiro atoms. The number of hydrogen-bond donors (Lipinski definition) is 1. The third-order valence-electron chi connectivity index (χ3n) is 4.06. The van der Waals surface area contributed by atoms with Gasteiger partial charge in [0.15, 0.2) is 0 Å². The fourth-order valence-corrected chi connectivity index (χ4v) is 3.38. The van der Waals surface area contributed by atoms with Gasteiger partial charge in [-0.15, -0.1) is 0 Å². The molecule has 7 heteroatoms. The first-order valence-electron chi connectivity index (χ1n) is 8.81. The van der Waals surface area contributed by atoms with Crippen LogP contribution in [0.5, 0.6) is 5.75 Å². The topological polar surface area (TPSA) is 62.1 Å². The molecule has 30 heavy (non-hydrogen) atoms. The van der Waals surface area contributed by atoms with Crippen LogP contribution in [0.1, 0.15) is 11.1 Å². The van der Waals surface area contributed by atoms with E-state index in [9.17, 15) is 14.4 Å². The van der Waals surface area contributed by atoms with Crippen LogP contribution in [0.15, 0.2) is 81.2 Å². The van der Waals surface area contributed by atoms with Crippen LogP contribution in [0.2, 0.25) is 0 Å². The van der Waals surface area contributed by atoms with Crippen molar-refractivity contribution in [1.29, 1.82) is 5.26 Å². The number of carbonyl (C=O) groups excluding carboxylic acids is 1. The van der Waals surface area contributed by atoms with E-state index < -0.39 is 5.91 Å². The predicted octanol–water partition coefficient (Wildman–Crippen LogP) is 6.48. The number of nitrogens with zero attached hydrogens (tertiary/aromatic N) is 1. The molecule has 0 fully saturated rings. The number of rotatable bonds is 6. The second-order valence-electron chi connectivity index (χ2n) is 6.20. The van der Waals surface area contributed by atoms with E-state index in [1.54, 1.807) is 54.6 Å². The molecule has 3 aromatic carbocycles. The lowest BCUT2D eigenvalue weighted by atomic mass is 10.1. The molecule has 0 saturated heterocycles. The van der Waals surface area contributed by atoms with Crippen molar-refractivity contribution in [3.05, 3.63) is 98.2 Å². The lowest BCUT2D eigenvalue weighted by Crippen LogP contribution is -2.13. The summed E-state index contributed by atoms with van der Waals surface area (Å²) in [6.45, 7) is 0.0152. The van der Waals surface area contributed by atoms with Gasteiger partial charge >= 0.3 is 0 Å². The quantitative estimate of drug-likeness (QED) is 0.294. The van der Waals surface area contributed by atoms with Crippen LogP contribution in [-0.2, 0) is 11.4 Å². The highest BCUT2D eigenvalue weighted by atomic mass is 79.9. The fourth-order valence-electron chi connectivity index (χ4n) is 2.60. The van der Waals surface area contributed by atoms with Crippen LogP contribution in [0, 0.1) is 17.1 Å². The third-order valence-corrected chi connectivity index (χ3v) is 5.05. The molecule has 0 heterocycles. The Bertz CT molecular complexity index is 1160. The van der Waals surface area contributed by atoms with Crippen molar-refractivity contribution < 1.29 is 13.9 Å². The van der Waals surface area contributed by atoms with Gasteiger partial charge in [-0.25, -0.2) is 4.39 Å². The summed E-state index contributed by atoms with van der Waals surface area (Å²) < 4.78 is 21.2. The van der Waals surface area contributed by atoms with Crippen molar-refractivity contribution in [3.63, 3.8) is 0 Å². The number of hydrogen-bond acceptors (Lipinski definition) is 3. The van der Waals surface area contributed by atoms with Crippen LogP contribution in [-0.4, -0.2) is 5.91 Å². The number of carbonyl (C=O) groups is 1. The third kappa shape index (κ3) is 5.78. The summed E-state index contributed by atoms with van der Waals surface area (Å²) in [5, 5.41) is 12.2. The molecule has 0 atom stereocenters. The van der Waals surface area contributed by atoms with E-state index in [1.165, 1.54) is 12.1 Å². The highest BCUT2D eigenvalue weighted by Gasteiger charge is 2.13. The molecule has 1 N–H and O–H groups in total. The lowest BCUT2D eigenvalue weighted by Gasteiger charge is -2.11. The van der Waals surface area contributed by atoms with E-state index in [0.29, 0.717) is 22.6 Å². The molecule has 0 bridgehead atoms. The van der Waals surface area contributed by atoms with Crippen molar-refractivity contribution in [1.82, 2.24) is 0 Å². The Kier molecular flexibility index (Phi) is 7.39. The van der Waals surface area contributed by atoms with Gasteiger partial charge in [0.05, 0.1) is 0 Å². The van der Waals surface area contributed by atoms with Gasteiger partial charge in [0.2, 0.25) is 0 Å². The fraction of sp³-hybridized carbons (Fsp3) is 0.0435. The summed E-state index contributed by atoms with van der Waals surface area (Å²) in [6, 6.07) is 20.5. The van der Waals surface area contributed by atoms with E-state index in [4.69, 9.17) is 4.74 Å².